The summed E-state index contributed by atoms with van der Waals surface area (Å²) in [4.78, 5) is 27.3. The largest absolute Gasteiger partial charge is 0.352 e. The summed E-state index contributed by atoms with van der Waals surface area (Å²) in [6.45, 7) is 5.92. The van der Waals surface area contributed by atoms with Crippen molar-refractivity contribution in [3.05, 3.63) is 70.5 Å². The van der Waals surface area contributed by atoms with Crippen LogP contribution in [0, 0.1) is 5.82 Å². The number of benzene rings is 2. The minimum absolute atomic E-state index is 0.0325. The summed E-state index contributed by atoms with van der Waals surface area (Å²) < 4.78 is 13.0. The molecule has 162 valence electrons. The van der Waals surface area contributed by atoms with Crippen LogP contribution >= 0.6 is 23.4 Å². The van der Waals surface area contributed by atoms with Gasteiger partial charge in [-0.3, -0.25) is 9.59 Å². The van der Waals surface area contributed by atoms with Crippen LogP contribution in [0.1, 0.15) is 38.3 Å². The average molecular weight is 451 g/mol. The maximum atomic E-state index is 13.0. The Morgan fingerprint density at radius 2 is 1.80 bits per heavy atom. The summed E-state index contributed by atoms with van der Waals surface area (Å²) in [5.41, 5.74) is 1.73. The van der Waals surface area contributed by atoms with E-state index in [0.29, 0.717) is 10.8 Å². The van der Waals surface area contributed by atoms with Crippen LogP contribution in [0.4, 0.5) is 4.39 Å². The topological polar surface area (TPSA) is 49.4 Å². The summed E-state index contributed by atoms with van der Waals surface area (Å²) in [5, 5.41) is 3.50. The van der Waals surface area contributed by atoms with Crippen LogP contribution < -0.4 is 5.32 Å². The van der Waals surface area contributed by atoms with E-state index in [4.69, 9.17) is 11.6 Å². The van der Waals surface area contributed by atoms with Crippen LogP contribution in [-0.4, -0.2) is 34.6 Å². The highest BCUT2D eigenvalue weighted by Crippen LogP contribution is 2.20. The maximum absolute atomic E-state index is 13.0. The third-order valence-corrected chi connectivity index (χ3v) is 6.23. The highest BCUT2D eigenvalue weighted by atomic mass is 35.5. The fourth-order valence-electron chi connectivity index (χ4n) is 2.78. The minimum atomic E-state index is -0.630. The van der Waals surface area contributed by atoms with Gasteiger partial charge in [-0.15, -0.1) is 11.8 Å². The Balaban J connectivity index is 2.08. The molecular weight excluding hydrogens is 423 g/mol. The lowest BCUT2D eigenvalue weighted by Crippen LogP contribution is -2.50. The van der Waals surface area contributed by atoms with Crippen molar-refractivity contribution in [2.45, 2.75) is 51.6 Å². The summed E-state index contributed by atoms with van der Waals surface area (Å²) in [5.74, 6) is 0.177. The van der Waals surface area contributed by atoms with Gasteiger partial charge in [0, 0.05) is 23.4 Å². The van der Waals surface area contributed by atoms with Gasteiger partial charge in [0.05, 0.1) is 5.75 Å². The zero-order valence-electron chi connectivity index (χ0n) is 17.5. The predicted molar refractivity (Wildman–Crippen MR) is 122 cm³/mol. The monoisotopic (exact) mass is 450 g/mol. The molecule has 0 aromatic heterocycles. The molecule has 7 heteroatoms. The molecule has 0 saturated carbocycles. The quantitative estimate of drug-likeness (QED) is 0.551. The molecule has 4 nitrogen and oxygen atoms in total. The predicted octanol–water partition coefficient (Wildman–Crippen LogP) is 5.04. The third kappa shape index (κ3) is 7.33. The van der Waals surface area contributed by atoms with Crippen molar-refractivity contribution in [2.24, 2.45) is 0 Å². The zero-order chi connectivity index (χ0) is 22.1. The Kier molecular flexibility index (Phi) is 9.66. The van der Waals surface area contributed by atoms with Gasteiger partial charge < -0.3 is 10.2 Å². The fourth-order valence-corrected chi connectivity index (χ4v) is 3.84. The second-order valence-electron chi connectivity index (χ2n) is 7.23. The summed E-state index contributed by atoms with van der Waals surface area (Å²) in [6, 6.07) is 12.9. The zero-order valence-corrected chi connectivity index (χ0v) is 19.1. The van der Waals surface area contributed by atoms with Crippen LogP contribution in [0.25, 0.3) is 0 Å². The molecule has 2 aromatic rings. The highest BCUT2D eigenvalue weighted by Gasteiger charge is 2.27. The van der Waals surface area contributed by atoms with Gasteiger partial charge in [-0.2, -0.15) is 0 Å². The maximum Gasteiger partial charge on any atom is 0.242 e. The molecule has 0 aliphatic heterocycles. The molecule has 2 rings (SSSR count). The standard InChI is InChI=1S/C23H28ClFN2O2S/c1-4-16(2)26-23(29)17(3)27(13-19-7-5-6-8-21(19)24)22(28)15-30-14-18-9-11-20(25)12-10-18/h5-12,16-17H,4,13-15H2,1-3H3,(H,26,29)/t16-,17-/m0/s1. The van der Waals surface area contributed by atoms with E-state index in [-0.39, 0.29) is 36.0 Å². The second-order valence-corrected chi connectivity index (χ2v) is 8.62. The molecule has 30 heavy (non-hydrogen) atoms. The molecule has 0 aliphatic rings. The number of hydrogen-bond donors (Lipinski definition) is 1. The van der Waals surface area contributed by atoms with Crippen molar-refractivity contribution in [1.29, 1.82) is 0 Å². The number of nitrogens with zero attached hydrogens (tertiary/aromatic N) is 1. The van der Waals surface area contributed by atoms with Crippen molar-refractivity contribution < 1.29 is 14.0 Å². The van der Waals surface area contributed by atoms with Gasteiger partial charge in [-0.1, -0.05) is 48.9 Å². The number of halogens is 2. The molecule has 1 N–H and O–H groups in total. The smallest absolute Gasteiger partial charge is 0.242 e. The fraction of sp³-hybridized carbons (Fsp3) is 0.391. The molecule has 2 aromatic carbocycles. The van der Waals surface area contributed by atoms with E-state index in [1.807, 2.05) is 32.0 Å². The molecular formula is C23H28ClFN2O2S. The van der Waals surface area contributed by atoms with E-state index < -0.39 is 6.04 Å². The molecule has 0 bridgehead atoms. The van der Waals surface area contributed by atoms with Crippen LogP contribution in [-0.2, 0) is 21.9 Å². The van der Waals surface area contributed by atoms with E-state index in [1.165, 1.54) is 23.9 Å². The normalized spacial score (nSPS) is 12.8. The van der Waals surface area contributed by atoms with Crippen molar-refractivity contribution >= 4 is 35.2 Å². The Bertz CT molecular complexity index is 847. The van der Waals surface area contributed by atoms with E-state index in [2.05, 4.69) is 5.32 Å². The Labute approximate surface area is 187 Å². The van der Waals surface area contributed by atoms with Crippen LogP contribution in [0.3, 0.4) is 0 Å². The number of carbonyl (C=O) groups is 2. The highest BCUT2D eigenvalue weighted by molar-refractivity contribution is 7.99. The molecule has 0 fully saturated rings. The first-order valence-electron chi connectivity index (χ1n) is 9.97. The van der Waals surface area contributed by atoms with Crippen molar-refractivity contribution in [2.75, 3.05) is 5.75 Å². The van der Waals surface area contributed by atoms with Gasteiger partial charge in [0.15, 0.2) is 0 Å². The number of amides is 2. The molecule has 2 atom stereocenters. The third-order valence-electron chi connectivity index (χ3n) is 4.87. The van der Waals surface area contributed by atoms with Crippen LogP contribution in [0.5, 0.6) is 0 Å². The van der Waals surface area contributed by atoms with E-state index >= 15 is 0 Å². The van der Waals surface area contributed by atoms with Gasteiger partial charge in [-0.05, 0) is 49.6 Å². The average Bonchev–Trinajstić information content (AvgIpc) is 2.73. The summed E-state index contributed by atoms with van der Waals surface area (Å²) >= 11 is 7.72. The van der Waals surface area contributed by atoms with Crippen LogP contribution in [0.2, 0.25) is 5.02 Å². The van der Waals surface area contributed by atoms with Gasteiger partial charge in [0.2, 0.25) is 11.8 Å². The number of rotatable bonds is 10. The first-order chi connectivity index (χ1) is 14.3. The summed E-state index contributed by atoms with van der Waals surface area (Å²) in [7, 11) is 0. The Morgan fingerprint density at radius 1 is 1.13 bits per heavy atom. The molecule has 0 saturated heterocycles. The number of hydrogen-bond acceptors (Lipinski definition) is 3. The van der Waals surface area contributed by atoms with Crippen molar-refractivity contribution in [1.82, 2.24) is 10.2 Å². The van der Waals surface area contributed by atoms with Gasteiger partial charge in [-0.25, -0.2) is 4.39 Å². The minimum Gasteiger partial charge on any atom is -0.352 e. The summed E-state index contributed by atoms with van der Waals surface area (Å²) in [6.07, 6.45) is 0.810. The Morgan fingerprint density at radius 3 is 2.43 bits per heavy atom. The van der Waals surface area contributed by atoms with E-state index in [1.54, 1.807) is 30.0 Å². The first kappa shape index (κ1) is 24.2. The number of nitrogens with one attached hydrogen (secondary N) is 1. The molecule has 0 unspecified atom stereocenters. The second kappa shape index (κ2) is 12.0. The molecule has 0 spiro atoms. The first-order valence-corrected chi connectivity index (χ1v) is 11.5. The van der Waals surface area contributed by atoms with Gasteiger partial charge in [0.1, 0.15) is 11.9 Å². The van der Waals surface area contributed by atoms with Gasteiger partial charge in [0.25, 0.3) is 0 Å². The molecule has 0 heterocycles. The van der Waals surface area contributed by atoms with Crippen molar-refractivity contribution in [3.8, 4) is 0 Å². The SMILES string of the molecule is CC[C@H](C)NC(=O)[C@H](C)N(Cc1ccccc1Cl)C(=O)CSCc1ccc(F)cc1. The lowest BCUT2D eigenvalue weighted by atomic mass is 10.1. The molecule has 0 aliphatic carbocycles. The molecule has 0 radical (unpaired) electrons. The van der Waals surface area contributed by atoms with E-state index in [0.717, 1.165) is 17.5 Å². The Hall–Kier alpha value is -2.05. The van der Waals surface area contributed by atoms with E-state index in [9.17, 15) is 14.0 Å². The van der Waals surface area contributed by atoms with Crippen molar-refractivity contribution in [3.63, 3.8) is 0 Å². The number of carbonyl (C=O) groups excluding carboxylic acids is 2. The number of thioether (sulfide) groups is 1. The lowest BCUT2D eigenvalue weighted by molar-refractivity contribution is -0.138. The van der Waals surface area contributed by atoms with Gasteiger partial charge >= 0.3 is 0 Å². The lowest BCUT2D eigenvalue weighted by Gasteiger charge is -2.30. The van der Waals surface area contributed by atoms with Crippen LogP contribution in [0.15, 0.2) is 48.5 Å². The molecule has 2 amide bonds.